The molecule has 4 aromatic rings. The van der Waals surface area contributed by atoms with E-state index in [4.69, 9.17) is 4.98 Å². The third-order valence-corrected chi connectivity index (χ3v) is 4.16. The lowest BCUT2D eigenvalue weighted by Crippen LogP contribution is -1.94. The molecule has 4 rings (SSSR count). The molecule has 0 radical (unpaired) electrons. The second-order valence-electron chi connectivity index (χ2n) is 5.76. The number of aryl methyl sites for hydroxylation is 2. The van der Waals surface area contributed by atoms with Crippen LogP contribution in [0.25, 0.3) is 33.5 Å². The van der Waals surface area contributed by atoms with Crippen LogP contribution in [0.5, 0.6) is 0 Å². The Hall–Kier alpha value is -2.94. The normalized spacial score (nSPS) is 11.0. The minimum atomic E-state index is 0.763. The molecular formula is C20H17N3. The van der Waals surface area contributed by atoms with Crippen LogP contribution in [0.15, 0.2) is 67.0 Å². The average Bonchev–Trinajstić information content (AvgIpc) is 2.93. The second kappa shape index (κ2) is 5.36. The Kier molecular flexibility index (Phi) is 3.19. The second-order valence-corrected chi connectivity index (χ2v) is 5.76. The van der Waals surface area contributed by atoms with Gasteiger partial charge in [-0.1, -0.05) is 48.5 Å². The summed E-state index contributed by atoms with van der Waals surface area (Å²) in [5.74, 6) is 0.763. The predicted molar refractivity (Wildman–Crippen MR) is 94.1 cm³/mol. The van der Waals surface area contributed by atoms with Gasteiger partial charge < -0.3 is 4.57 Å². The van der Waals surface area contributed by atoms with E-state index in [0.29, 0.717) is 0 Å². The lowest BCUT2D eigenvalue weighted by Gasteiger charge is -2.07. The third-order valence-electron chi connectivity index (χ3n) is 4.16. The van der Waals surface area contributed by atoms with Gasteiger partial charge in [0, 0.05) is 41.5 Å². The summed E-state index contributed by atoms with van der Waals surface area (Å²) >= 11 is 0. The van der Waals surface area contributed by atoms with Gasteiger partial charge in [0.1, 0.15) is 0 Å². The van der Waals surface area contributed by atoms with E-state index in [-0.39, 0.29) is 0 Å². The number of fused-ring (bicyclic) bond motifs is 1. The van der Waals surface area contributed by atoms with Crippen molar-refractivity contribution in [3.8, 4) is 22.6 Å². The van der Waals surface area contributed by atoms with Crippen molar-refractivity contribution >= 4 is 10.9 Å². The van der Waals surface area contributed by atoms with Crippen molar-refractivity contribution in [2.24, 2.45) is 7.05 Å². The number of hydrogen-bond donors (Lipinski definition) is 0. The largest absolute Gasteiger partial charge is 0.350 e. The number of rotatable bonds is 2. The Bertz CT molecular complexity index is 984. The zero-order chi connectivity index (χ0) is 15.8. The highest BCUT2D eigenvalue weighted by molar-refractivity contribution is 5.95. The summed E-state index contributed by atoms with van der Waals surface area (Å²) in [5.41, 5.74) is 5.48. The Morgan fingerprint density at radius 3 is 2.48 bits per heavy atom. The van der Waals surface area contributed by atoms with Crippen molar-refractivity contribution in [2.45, 2.75) is 6.92 Å². The van der Waals surface area contributed by atoms with Crippen molar-refractivity contribution < 1.29 is 0 Å². The van der Waals surface area contributed by atoms with Crippen LogP contribution in [0.3, 0.4) is 0 Å². The summed E-state index contributed by atoms with van der Waals surface area (Å²) in [6, 6.07) is 18.5. The molecule has 0 N–H and O–H groups in total. The molecule has 0 atom stereocenters. The van der Waals surface area contributed by atoms with Crippen LogP contribution in [0, 0.1) is 6.92 Å². The maximum absolute atomic E-state index is 4.85. The molecule has 0 aliphatic heterocycles. The van der Waals surface area contributed by atoms with Gasteiger partial charge in [0.15, 0.2) is 5.82 Å². The maximum Gasteiger partial charge on any atom is 0.159 e. The summed E-state index contributed by atoms with van der Waals surface area (Å²) in [6.45, 7) is 2.06. The van der Waals surface area contributed by atoms with Crippen LogP contribution >= 0.6 is 0 Å². The van der Waals surface area contributed by atoms with E-state index >= 15 is 0 Å². The molecule has 2 heterocycles. The van der Waals surface area contributed by atoms with Gasteiger partial charge >= 0.3 is 0 Å². The van der Waals surface area contributed by atoms with Crippen LogP contribution in [0.2, 0.25) is 0 Å². The first-order valence-corrected chi connectivity index (χ1v) is 7.67. The van der Waals surface area contributed by atoms with E-state index in [1.165, 1.54) is 10.9 Å². The van der Waals surface area contributed by atoms with Crippen molar-refractivity contribution in [1.29, 1.82) is 0 Å². The van der Waals surface area contributed by atoms with Crippen LogP contribution in [0.4, 0.5) is 0 Å². The van der Waals surface area contributed by atoms with Gasteiger partial charge in [-0.2, -0.15) is 0 Å². The third kappa shape index (κ3) is 2.30. The molecule has 0 aliphatic rings. The van der Waals surface area contributed by atoms with Crippen molar-refractivity contribution in [1.82, 2.24) is 14.5 Å². The lowest BCUT2D eigenvalue weighted by molar-refractivity contribution is 0.969. The molecule has 0 fully saturated rings. The maximum atomic E-state index is 4.85. The quantitative estimate of drug-likeness (QED) is 0.541. The molecule has 0 spiro atoms. The van der Waals surface area contributed by atoms with E-state index in [0.717, 1.165) is 28.2 Å². The molecule has 0 aliphatic carbocycles. The first-order chi connectivity index (χ1) is 11.2. The number of aromatic nitrogens is 3. The molecular weight excluding hydrogens is 282 g/mol. The summed E-state index contributed by atoms with van der Waals surface area (Å²) < 4.78 is 2.15. The summed E-state index contributed by atoms with van der Waals surface area (Å²) in [6.07, 6.45) is 4.06. The molecule has 0 saturated heterocycles. The van der Waals surface area contributed by atoms with E-state index < -0.39 is 0 Å². The van der Waals surface area contributed by atoms with Crippen molar-refractivity contribution in [2.75, 3.05) is 0 Å². The molecule has 2 aromatic heterocycles. The predicted octanol–water partition coefficient (Wildman–Crippen LogP) is 4.61. The SMILES string of the molecule is Cc1cnc(-c2ccccc2)nc1-c1cn(C)c2ccccc12. The van der Waals surface area contributed by atoms with Crippen molar-refractivity contribution in [3.05, 3.63) is 72.6 Å². The highest BCUT2D eigenvalue weighted by atomic mass is 14.9. The van der Waals surface area contributed by atoms with Crippen LogP contribution in [-0.2, 0) is 7.05 Å². The Morgan fingerprint density at radius 1 is 0.913 bits per heavy atom. The van der Waals surface area contributed by atoms with E-state index in [1.807, 2.05) is 36.5 Å². The molecule has 0 amide bonds. The molecule has 3 nitrogen and oxygen atoms in total. The Labute approximate surface area is 135 Å². The summed E-state index contributed by atoms with van der Waals surface area (Å²) in [7, 11) is 2.07. The highest BCUT2D eigenvalue weighted by Gasteiger charge is 2.13. The minimum Gasteiger partial charge on any atom is -0.350 e. The fraction of sp³-hybridized carbons (Fsp3) is 0.100. The smallest absolute Gasteiger partial charge is 0.159 e. The topological polar surface area (TPSA) is 30.7 Å². The van der Waals surface area contributed by atoms with Gasteiger partial charge in [-0.15, -0.1) is 0 Å². The molecule has 0 unspecified atom stereocenters. The summed E-state index contributed by atoms with van der Waals surface area (Å²) in [4.78, 5) is 9.36. The number of nitrogens with zero attached hydrogens (tertiary/aromatic N) is 3. The van der Waals surface area contributed by atoms with E-state index in [2.05, 4.69) is 54.0 Å². The monoisotopic (exact) mass is 299 g/mol. The molecule has 0 saturated carbocycles. The molecule has 3 heteroatoms. The van der Waals surface area contributed by atoms with E-state index in [9.17, 15) is 0 Å². The molecule has 112 valence electrons. The number of hydrogen-bond acceptors (Lipinski definition) is 2. The Balaban J connectivity index is 1.94. The lowest BCUT2D eigenvalue weighted by atomic mass is 10.1. The minimum absolute atomic E-state index is 0.763. The molecule has 2 aromatic carbocycles. The number of benzene rings is 2. The average molecular weight is 299 g/mol. The van der Waals surface area contributed by atoms with E-state index in [1.54, 1.807) is 0 Å². The fourth-order valence-electron chi connectivity index (χ4n) is 2.97. The van der Waals surface area contributed by atoms with Crippen LogP contribution in [0.1, 0.15) is 5.56 Å². The highest BCUT2D eigenvalue weighted by Crippen LogP contribution is 2.31. The zero-order valence-corrected chi connectivity index (χ0v) is 13.2. The summed E-state index contributed by atoms with van der Waals surface area (Å²) in [5, 5.41) is 1.22. The first-order valence-electron chi connectivity index (χ1n) is 7.67. The van der Waals surface area contributed by atoms with Gasteiger partial charge in [0.2, 0.25) is 0 Å². The molecule has 23 heavy (non-hydrogen) atoms. The van der Waals surface area contributed by atoms with Crippen LogP contribution < -0.4 is 0 Å². The Morgan fingerprint density at radius 2 is 1.65 bits per heavy atom. The van der Waals surface area contributed by atoms with Crippen LogP contribution in [-0.4, -0.2) is 14.5 Å². The first kappa shape index (κ1) is 13.7. The number of para-hydroxylation sites is 1. The van der Waals surface area contributed by atoms with Gasteiger partial charge in [0.05, 0.1) is 5.69 Å². The van der Waals surface area contributed by atoms with Gasteiger partial charge in [-0.25, -0.2) is 9.97 Å². The fourth-order valence-corrected chi connectivity index (χ4v) is 2.97. The van der Waals surface area contributed by atoms with Gasteiger partial charge in [-0.3, -0.25) is 0 Å². The van der Waals surface area contributed by atoms with Crippen molar-refractivity contribution in [3.63, 3.8) is 0 Å². The van der Waals surface area contributed by atoms with Gasteiger partial charge in [-0.05, 0) is 18.6 Å². The zero-order valence-electron chi connectivity index (χ0n) is 13.2. The molecule has 0 bridgehead atoms. The standard InChI is InChI=1S/C20H17N3/c1-14-12-21-20(15-8-4-3-5-9-15)22-19(14)17-13-23(2)18-11-7-6-10-16(17)18/h3-13H,1-2H3. The van der Waals surface area contributed by atoms with Gasteiger partial charge in [0.25, 0.3) is 0 Å².